The van der Waals surface area contributed by atoms with Crippen molar-refractivity contribution in [1.82, 2.24) is 26.2 Å². The molecule has 244 valence electrons. The number of likely N-dealkylation sites (tertiary alicyclic amines) is 1. The molecule has 1 fully saturated rings. The highest BCUT2D eigenvalue weighted by molar-refractivity contribution is 6.38. The van der Waals surface area contributed by atoms with Gasteiger partial charge in [-0.05, 0) is 67.4 Å². The molecule has 1 saturated heterocycles. The summed E-state index contributed by atoms with van der Waals surface area (Å²) in [5.41, 5.74) is 1.83. The number of amides is 4. The molecule has 10 nitrogen and oxygen atoms in total. The Kier molecular flexibility index (Phi) is 12.8. The van der Waals surface area contributed by atoms with Gasteiger partial charge in [-0.25, -0.2) is 0 Å². The van der Waals surface area contributed by atoms with Crippen LogP contribution in [0, 0.1) is 11.3 Å². The summed E-state index contributed by atoms with van der Waals surface area (Å²) < 4.78 is 0. The van der Waals surface area contributed by atoms with Crippen LogP contribution in [0.1, 0.15) is 82.3 Å². The second kappa shape index (κ2) is 16.3. The molecule has 4 N–H and O–H groups in total. The third-order valence-electron chi connectivity index (χ3n) is 7.99. The second-order valence-corrected chi connectivity index (χ2v) is 13.3. The Balaban J connectivity index is 1.54. The molecule has 0 unspecified atom stereocenters. The molecule has 1 heterocycles. The third-order valence-corrected chi connectivity index (χ3v) is 7.99. The van der Waals surface area contributed by atoms with Gasteiger partial charge in [0, 0.05) is 18.7 Å². The SMILES string of the molecule is CC(C)[C@H](NC(=O)[C@H](C)NC(=O)[C@@H](NC(=O)c1ccccc1)C(C)(C)C)C(=O)C(=O)NCc1ccc(CN2CCCCC2)cc1. The van der Waals surface area contributed by atoms with Gasteiger partial charge >= 0.3 is 0 Å². The molecule has 3 atom stereocenters. The molecule has 2 aromatic rings. The van der Waals surface area contributed by atoms with Crippen molar-refractivity contribution in [3.63, 3.8) is 0 Å². The number of hydrogen-bond donors (Lipinski definition) is 4. The van der Waals surface area contributed by atoms with Crippen molar-refractivity contribution in [1.29, 1.82) is 0 Å². The Morgan fingerprint density at radius 3 is 1.93 bits per heavy atom. The van der Waals surface area contributed by atoms with Crippen LogP contribution >= 0.6 is 0 Å². The Bertz CT molecular complexity index is 1310. The van der Waals surface area contributed by atoms with E-state index >= 15 is 0 Å². The zero-order valence-corrected chi connectivity index (χ0v) is 27.4. The molecule has 0 radical (unpaired) electrons. The molecule has 1 aliphatic rings. The van der Waals surface area contributed by atoms with Crippen LogP contribution in [0.2, 0.25) is 0 Å². The van der Waals surface area contributed by atoms with Crippen molar-refractivity contribution >= 4 is 29.4 Å². The molecule has 0 aliphatic carbocycles. The maximum Gasteiger partial charge on any atom is 0.289 e. The maximum absolute atomic E-state index is 13.2. The number of carbonyl (C=O) groups is 5. The quantitative estimate of drug-likeness (QED) is 0.254. The maximum atomic E-state index is 13.2. The first-order valence-electron chi connectivity index (χ1n) is 15.8. The van der Waals surface area contributed by atoms with Crippen molar-refractivity contribution < 1.29 is 24.0 Å². The third kappa shape index (κ3) is 10.8. The standard InChI is InChI=1S/C35H49N5O5/c1-23(2)28(29(41)33(44)36-21-25-15-17-26(18-16-25)22-40-19-11-8-12-20-40)38-31(42)24(3)37-34(45)30(35(4,5)6)39-32(43)27-13-9-7-10-14-27/h7,9-10,13-18,23-24,28,30H,8,11-12,19-22H2,1-6H3,(H,36,44)(H,37,45)(H,38,42)(H,39,43)/t24-,28-,30+/m0/s1. The summed E-state index contributed by atoms with van der Waals surface area (Å²) in [7, 11) is 0. The number of nitrogens with zero attached hydrogens (tertiary/aromatic N) is 1. The first kappa shape index (κ1) is 35.4. The lowest BCUT2D eigenvalue weighted by Gasteiger charge is -2.31. The second-order valence-electron chi connectivity index (χ2n) is 13.3. The normalized spacial score (nSPS) is 15.8. The minimum absolute atomic E-state index is 0.183. The van der Waals surface area contributed by atoms with Gasteiger partial charge in [-0.2, -0.15) is 0 Å². The minimum Gasteiger partial charge on any atom is -0.345 e. The molecule has 3 rings (SSSR count). The molecule has 1 aliphatic heterocycles. The van der Waals surface area contributed by atoms with Crippen LogP contribution in [0.5, 0.6) is 0 Å². The minimum atomic E-state index is -1.08. The van der Waals surface area contributed by atoms with Gasteiger partial charge in [0.1, 0.15) is 12.1 Å². The predicted octanol–water partition coefficient (Wildman–Crippen LogP) is 3.35. The molecule has 0 saturated carbocycles. The van der Waals surface area contributed by atoms with Crippen LogP contribution in [0.25, 0.3) is 0 Å². The summed E-state index contributed by atoms with van der Waals surface area (Å²) in [4.78, 5) is 67.4. The molecular formula is C35H49N5O5. The molecule has 10 heteroatoms. The Labute approximate surface area is 267 Å². The number of rotatable bonds is 13. The van der Waals surface area contributed by atoms with Crippen LogP contribution in [0.3, 0.4) is 0 Å². The fourth-order valence-electron chi connectivity index (χ4n) is 5.20. The van der Waals surface area contributed by atoms with E-state index in [0.29, 0.717) is 5.56 Å². The van der Waals surface area contributed by atoms with E-state index in [2.05, 4.69) is 26.2 Å². The van der Waals surface area contributed by atoms with Crippen LogP contribution in [-0.4, -0.2) is 65.5 Å². The average molecular weight is 620 g/mol. The van der Waals surface area contributed by atoms with Gasteiger partial charge in [0.15, 0.2) is 0 Å². The largest absolute Gasteiger partial charge is 0.345 e. The molecule has 0 aromatic heterocycles. The van der Waals surface area contributed by atoms with E-state index in [4.69, 9.17) is 0 Å². The summed E-state index contributed by atoms with van der Waals surface area (Å²) in [5.74, 6) is -3.50. The van der Waals surface area contributed by atoms with Crippen LogP contribution in [0.4, 0.5) is 0 Å². The van der Waals surface area contributed by atoms with Crippen molar-refractivity contribution in [2.24, 2.45) is 11.3 Å². The smallest absolute Gasteiger partial charge is 0.289 e. The molecule has 4 amide bonds. The van der Waals surface area contributed by atoms with Gasteiger partial charge < -0.3 is 21.3 Å². The van der Waals surface area contributed by atoms with Gasteiger partial charge in [-0.15, -0.1) is 0 Å². The monoisotopic (exact) mass is 619 g/mol. The van der Waals surface area contributed by atoms with Crippen molar-refractivity contribution in [2.75, 3.05) is 13.1 Å². The van der Waals surface area contributed by atoms with Gasteiger partial charge in [0.2, 0.25) is 17.6 Å². The van der Waals surface area contributed by atoms with Crippen LogP contribution in [-0.2, 0) is 32.3 Å². The summed E-state index contributed by atoms with van der Waals surface area (Å²) in [6, 6.07) is 13.5. The fraction of sp³-hybridized carbons (Fsp3) is 0.514. The summed E-state index contributed by atoms with van der Waals surface area (Å²) >= 11 is 0. The van der Waals surface area contributed by atoms with E-state index in [1.54, 1.807) is 44.2 Å². The van der Waals surface area contributed by atoms with E-state index in [1.165, 1.54) is 31.7 Å². The van der Waals surface area contributed by atoms with Gasteiger partial charge in [-0.1, -0.05) is 83.5 Å². The Morgan fingerprint density at radius 1 is 0.756 bits per heavy atom. The zero-order valence-electron chi connectivity index (χ0n) is 27.4. The van der Waals surface area contributed by atoms with E-state index in [9.17, 15) is 24.0 Å². The number of ketones is 1. The molecule has 0 spiro atoms. The molecular weight excluding hydrogens is 570 g/mol. The molecule has 2 aromatic carbocycles. The summed E-state index contributed by atoms with van der Waals surface area (Å²) in [6.45, 7) is 13.7. The highest BCUT2D eigenvalue weighted by Gasteiger charge is 2.36. The number of Topliss-reactive ketones (excluding diaryl/α,β-unsaturated/α-hetero) is 1. The van der Waals surface area contributed by atoms with Gasteiger partial charge in [0.05, 0.1) is 6.04 Å². The van der Waals surface area contributed by atoms with Crippen molar-refractivity contribution in [2.45, 2.75) is 92.0 Å². The van der Waals surface area contributed by atoms with E-state index in [-0.39, 0.29) is 12.5 Å². The number of piperidine rings is 1. The van der Waals surface area contributed by atoms with Crippen molar-refractivity contribution in [3.8, 4) is 0 Å². The van der Waals surface area contributed by atoms with E-state index in [0.717, 1.165) is 25.2 Å². The van der Waals surface area contributed by atoms with E-state index < -0.39 is 53.0 Å². The first-order valence-corrected chi connectivity index (χ1v) is 15.8. The van der Waals surface area contributed by atoms with Crippen LogP contribution < -0.4 is 21.3 Å². The fourth-order valence-corrected chi connectivity index (χ4v) is 5.20. The Hall–Kier alpha value is -4.05. The Morgan fingerprint density at radius 2 is 1.36 bits per heavy atom. The van der Waals surface area contributed by atoms with E-state index in [1.807, 2.05) is 45.0 Å². The molecule has 45 heavy (non-hydrogen) atoms. The van der Waals surface area contributed by atoms with Crippen molar-refractivity contribution in [3.05, 3.63) is 71.3 Å². The lowest BCUT2D eigenvalue weighted by Crippen LogP contribution is -2.59. The number of benzene rings is 2. The lowest BCUT2D eigenvalue weighted by atomic mass is 9.85. The van der Waals surface area contributed by atoms with Crippen LogP contribution in [0.15, 0.2) is 54.6 Å². The summed E-state index contributed by atoms with van der Waals surface area (Å²) in [6.07, 6.45) is 3.76. The number of nitrogens with one attached hydrogen (secondary N) is 4. The number of carbonyl (C=O) groups excluding carboxylic acids is 5. The molecule has 0 bridgehead atoms. The zero-order chi connectivity index (χ0) is 33.1. The topological polar surface area (TPSA) is 137 Å². The lowest BCUT2D eigenvalue weighted by molar-refractivity contribution is -0.141. The average Bonchev–Trinajstić information content (AvgIpc) is 3.01. The summed E-state index contributed by atoms with van der Waals surface area (Å²) in [5, 5.41) is 10.7. The highest BCUT2D eigenvalue weighted by atomic mass is 16.2. The van der Waals surface area contributed by atoms with Gasteiger partial charge in [-0.3, -0.25) is 28.9 Å². The first-order chi connectivity index (χ1) is 21.3. The number of hydrogen-bond acceptors (Lipinski definition) is 6. The highest BCUT2D eigenvalue weighted by Crippen LogP contribution is 2.20. The predicted molar refractivity (Wildman–Crippen MR) is 174 cm³/mol. The van der Waals surface area contributed by atoms with Gasteiger partial charge in [0.25, 0.3) is 11.8 Å².